The van der Waals surface area contributed by atoms with Gasteiger partial charge in [-0.1, -0.05) is 47.6 Å². The van der Waals surface area contributed by atoms with Crippen LogP contribution in [0.2, 0.25) is 0 Å². The van der Waals surface area contributed by atoms with Crippen LogP contribution in [0.25, 0.3) is 21.6 Å². The predicted molar refractivity (Wildman–Crippen MR) is 111 cm³/mol. The summed E-state index contributed by atoms with van der Waals surface area (Å²) in [6, 6.07) is 14.0. The van der Waals surface area contributed by atoms with Gasteiger partial charge in [0.25, 0.3) is 5.91 Å². The van der Waals surface area contributed by atoms with Crippen LogP contribution in [0.15, 0.2) is 53.6 Å². The van der Waals surface area contributed by atoms with Gasteiger partial charge in [-0.25, -0.2) is 4.79 Å². The van der Waals surface area contributed by atoms with E-state index >= 15 is 0 Å². The fourth-order valence-electron chi connectivity index (χ4n) is 2.72. The number of thioether (sulfide) groups is 1. The lowest BCUT2D eigenvalue weighted by molar-refractivity contribution is -0.142. The Morgan fingerprint density at radius 1 is 1.25 bits per heavy atom. The Labute approximate surface area is 168 Å². The van der Waals surface area contributed by atoms with Gasteiger partial charge in [-0.05, 0) is 46.7 Å². The Kier molecular flexibility index (Phi) is 8.39. The molecule has 2 rings (SSSR count). The number of azide groups is 1. The highest BCUT2D eigenvalue weighted by atomic mass is 32.2. The van der Waals surface area contributed by atoms with Gasteiger partial charge in [0.1, 0.15) is 6.04 Å². The monoisotopic (exact) mass is 398 g/mol. The molecule has 0 saturated carbocycles. The first kappa shape index (κ1) is 21.3. The van der Waals surface area contributed by atoms with Crippen molar-refractivity contribution in [2.45, 2.75) is 19.0 Å². The smallest absolute Gasteiger partial charge is 0.328 e. The van der Waals surface area contributed by atoms with E-state index in [9.17, 15) is 9.59 Å². The Morgan fingerprint density at radius 3 is 2.64 bits per heavy atom. The highest BCUT2D eigenvalue weighted by molar-refractivity contribution is 7.98. The van der Waals surface area contributed by atoms with Crippen LogP contribution in [0.5, 0.6) is 0 Å². The van der Waals surface area contributed by atoms with Gasteiger partial charge in [-0.2, -0.15) is 11.8 Å². The summed E-state index contributed by atoms with van der Waals surface area (Å²) in [7, 11) is 1.31. The number of carbonyl (C=O) groups is 2. The SMILES string of the molecule is COC(=O)[C@H](CCSC)NC(=O)c1ccc(CN=[N+]=[N-])cc1-c1ccccc1. The van der Waals surface area contributed by atoms with Crippen molar-refractivity contribution in [3.63, 3.8) is 0 Å². The second-order valence-electron chi connectivity index (χ2n) is 5.97. The molecule has 146 valence electrons. The average molecular weight is 398 g/mol. The molecule has 0 aliphatic heterocycles. The topological polar surface area (TPSA) is 104 Å². The van der Waals surface area contributed by atoms with Crippen LogP contribution in [0.4, 0.5) is 0 Å². The van der Waals surface area contributed by atoms with E-state index in [4.69, 9.17) is 10.3 Å². The quantitative estimate of drug-likeness (QED) is 0.296. The summed E-state index contributed by atoms with van der Waals surface area (Å²) in [6.07, 6.45) is 2.42. The molecule has 1 N–H and O–H groups in total. The zero-order valence-electron chi connectivity index (χ0n) is 15.8. The number of benzene rings is 2. The predicted octanol–water partition coefficient (Wildman–Crippen LogP) is 4.19. The van der Waals surface area contributed by atoms with Crippen LogP contribution < -0.4 is 5.32 Å². The van der Waals surface area contributed by atoms with Gasteiger partial charge >= 0.3 is 5.97 Å². The van der Waals surface area contributed by atoms with Crippen molar-refractivity contribution in [1.29, 1.82) is 0 Å². The molecule has 0 radical (unpaired) electrons. The molecule has 0 unspecified atom stereocenters. The van der Waals surface area contributed by atoms with Gasteiger partial charge in [-0.3, -0.25) is 4.79 Å². The van der Waals surface area contributed by atoms with Gasteiger partial charge in [0.15, 0.2) is 0 Å². The third-order valence-corrected chi connectivity index (χ3v) is 4.78. The van der Waals surface area contributed by atoms with Crippen molar-refractivity contribution < 1.29 is 14.3 Å². The maximum atomic E-state index is 13.0. The fourth-order valence-corrected chi connectivity index (χ4v) is 3.19. The van der Waals surface area contributed by atoms with Crippen LogP contribution in [0, 0.1) is 0 Å². The van der Waals surface area contributed by atoms with Crippen molar-refractivity contribution >= 4 is 23.6 Å². The molecule has 28 heavy (non-hydrogen) atoms. The van der Waals surface area contributed by atoms with E-state index in [0.29, 0.717) is 17.5 Å². The number of rotatable bonds is 9. The van der Waals surface area contributed by atoms with E-state index in [1.165, 1.54) is 7.11 Å². The Bertz CT molecular complexity index is 867. The van der Waals surface area contributed by atoms with Crippen molar-refractivity contribution in [2.24, 2.45) is 5.11 Å². The number of esters is 1. The van der Waals surface area contributed by atoms with Crippen LogP contribution in [-0.4, -0.2) is 37.0 Å². The zero-order valence-corrected chi connectivity index (χ0v) is 16.6. The lowest BCUT2D eigenvalue weighted by atomic mass is 9.96. The molecule has 1 amide bonds. The van der Waals surface area contributed by atoms with Crippen molar-refractivity contribution in [1.82, 2.24) is 5.32 Å². The van der Waals surface area contributed by atoms with E-state index in [2.05, 4.69) is 15.3 Å². The molecule has 1 atom stereocenters. The number of hydrogen-bond acceptors (Lipinski definition) is 5. The molecule has 2 aromatic rings. The minimum absolute atomic E-state index is 0.191. The summed E-state index contributed by atoms with van der Waals surface area (Å²) in [4.78, 5) is 27.7. The molecular formula is C20H22N4O3S. The number of hydrogen-bond donors (Lipinski definition) is 1. The van der Waals surface area contributed by atoms with Gasteiger partial charge in [0.05, 0.1) is 13.7 Å². The number of carbonyl (C=O) groups excluding carboxylic acids is 2. The van der Waals surface area contributed by atoms with E-state index in [0.717, 1.165) is 16.9 Å². The normalized spacial score (nSPS) is 11.2. The minimum atomic E-state index is -0.712. The molecule has 0 spiro atoms. The van der Waals surface area contributed by atoms with E-state index in [1.54, 1.807) is 23.9 Å². The van der Waals surface area contributed by atoms with Gasteiger partial charge in [0, 0.05) is 10.5 Å². The molecule has 0 saturated heterocycles. The molecule has 7 nitrogen and oxygen atoms in total. The number of ether oxygens (including phenoxy) is 1. The largest absolute Gasteiger partial charge is 0.467 e. The van der Waals surface area contributed by atoms with Crippen LogP contribution >= 0.6 is 11.8 Å². The maximum Gasteiger partial charge on any atom is 0.328 e. The molecule has 0 bridgehead atoms. The molecule has 0 aliphatic rings. The van der Waals surface area contributed by atoms with E-state index in [-0.39, 0.29) is 12.5 Å². The summed E-state index contributed by atoms with van der Waals surface area (Å²) in [5.74, 6) is -0.106. The number of methoxy groups -OCH3 is 1. The van der Waals surface area contributed by atoms with E-state index in [1.807, 2.05) is 42.7 Å². The first-order valence-electron chi connectivity index (χ1n) is 8.67. The highest BCUT2D eigenvalue weighted by Gasteiger charge is 2.23. The number of nitrogens with one attached hydrogen (secondary N) is 1. The summed E-state index contributed by atoms with van der Waals surface area (Å²) >= 11 is 1.59. The van der Waals surface area contributed by atoms with Crippen LogP contribution in [-0.2, 0) is 16.1 Å². The summed E-state index contributed by atoms with van der Waals surface area (Å²) < 4.78 is 4.82. The molecular weight excluding hydrogens is 376 g/mol. The minimum Gasteiger partial charge on any atom is -0.467 e. The number of nitrogens with zero attached hydrogens (tertiary/aromatic N) is 3. The molecule has 8 heteroatoms. The zero-order chi connectivity index (χ0) is 20.4. The Hall–Kier alpha value is -2.96. The van der Waals surface area contributed by atoms with Crippen LogP contribution in [0.3, 0.4) is 0 Å². The highest BCUT2D eigenvalue weighted by Crippen LogP contribution is 2.26. The second-order valence-corrected chi connectivity index (χ2v) is 6.95. The van der Waals surface area contributed by atoms with Crippen LogP contribution in [0.1, 0.15) is 22.3 Å². The van der Waals surface area contributed by atoms with Crippen molar-refractivity contribution in [3.8, 4) is 11.1 Å². The lowest BCUT2D eigenvalue weighted by Gasteiger charge is -2.18. The molecule has 0 fully saturated rings. The van der Waals surface area contributed by atoms with E-state index < -0.39 is 12.0 Å². The van der Waals surface area contributed by atoms with Gasteiger partial charge in [0.2, 0.25) is 0 Å². The average Bonchev–Trinajstić information content (AvgIpc) is 2.74. The summed E-state index contributed by atoms with van der Waals surface area (Å²) in [6.45, 7) is 0.191. The first-order chi connectivity index (χ1) is 13.6. The molecule has 0 aromatic heterocycles. The molecule has 0 aliphatic carbocycles. The maximum absolute atomic E-state index is 13.0. The fraction of sp³-hybridized carbons (Fsp3) is 0.300. The molecule has 2 aromatic carbocycles. The molecule has 0 heterocycles. The van der Waals surface area contributed by atoms with Crippen molar-refractivity contribution in [3.05, 3.63) is 70.1 Å². The Morgan fingerprint density at radius 2 is 2.00 bits per heavy atom. The second kappa shape index (κ2) is 11.0. The van der Waals surface area contributed by atoms with Gasteiger partial charge < -0.3 is 10.1 Å². The van der Waals surface area contributed by atoms with Crippen molar-refractivity contribution in [2.75, 3.05) is 19.1 Å². The Balaban J connectivity index is 2.37. The third-order valence-electron chi connectivity index (χ3n) is 4.13. The standard InChI is InChI=1S/C20H22N4O3S/c1-27-20(26)18(10-11-28-2)23-19(25)16-9-8-14(13-22-24-21)12-17(16)15-6-4-3-5-7-15/h3-9,12,18H,10-11,13H2,1-2H3,(H,23,25)/t18-/m0/s1. The summed E-state index contributed by atoms with van der Waals surface area (Å²) in [5.41, 5.74) is 11.3. The van der Waals surface area contributed by atoms with Gasteiger partial charge in [-0.15, -0.1) is 0 Å². The summed E-state index contributed by atoms with van der Waals surface area (Å²) in [5, 5.41) is 6.37. The number of amides is 1. The third kappa shape index (κ3) is 5.77. The lowest BCUT2D eigenvalue weighted by Crippen LogP contribution is -2.42. The first-order valence-corrected chi connectivity index (χ1v) is 10.1.